The summed E-state index contributed by atoms with van der Waals surface area (Å²) in [7, 11) is 1.88. The van der Waals surface area contributed by atoms with Crippen LogP contribution in [0.5, 0.6) is 5.75 Å². The van der Waals surface area contributed by atoms with Crippen LogP contribution in [0.2, 0.25) is 0 Å². The van der Waals surface area contributed by atoms with E-state index in [0.717, 1.165) is 64.2 Å². The van der Waals surface area contributed by atoms with Gasteiger partial charge in [0.15, 0.2) is 0 Å². The Balaban J connectivity index is 2.63. The summed E-state index contributed by atoms with van der Waals surface area (Å²) in [5, 5.41) is 21.6. The fraction of sp³-hybridized carbons (Fsp3) is 0.600. The van der Waals surface area contributed by atoms with Crippen LogP contribution >= 0.6 is 0 Å². The van der Waals surface area contributed by atoms with E-state index in [1.165, 1.54) is 11.6 Å². The molecule has 0 aliphatic heterocycles. The number of rotatable bonds is 17. The van der Waals surface area contributed by atoms with Crippen LogP contribution in [0.1, 0.15) is 57.4 Å². The monoisotopic (exact) mass is 432 g/mol. The summed E-state index contributed by atoms with van der Waals surface area (Å²) in [6.07, 6.45) is 11.5. The van der Waals surface area contributed by atoms with Crippen molar-refractivity contribution < 1.29 is 19.8 Å². The summed E-state index contributed by atoms with van der Waals surface area (Å²) in [4.78, 5) is 21.6. The van der Waals surface area contributed by atoms with Gasteiger partial charge in [-0.3, -0.25) is 0 Å². The van der Waals surface area contributed by atoms with Gasteiger partial charge in [-0.25, -0.2) is 4.79 Å². The normalized spacial score (nSPS) is 15.5. The second-order valence-electron chi connectivity index (χ2n) is 8.71. The highest BCUT2D eigenvalue weighted by Gasteiger charge is 2.15. The predicted octanol–water partition coefficient (Wildman–Crippen LogP) is 3.92. The Morgan fingerprint density at radius 2 is 1.77 bits per heavy atom. The van der Waals surface area contributed by atoms with Crippen LogP contribution in [0.15, 0.2) is 36.4 Å². The van der Waals surface area contributed by atoms with E-state index in [-0.39, 0.29) is 23.6 Å². The van der Waals surface area contributed by atoms with Crippen molar-refractivity contribution in [3.63, 3.8) is 0 Å². The fourth-order valence-electron chi connectivity index (χ4n) is 3.87. The highest BCUT2D eigenvalue weighted by molar-refractivity contribution is 5.79. The Hall–Kier alpha value is -2.18. The molecule has 1 rings (SSSR count). The summed E-state index contributed by atoms with van der Waals surface area (Å²) in [6, 6.07) is 7.47. The van der Waals surface area contributed by atoms with Gasteiger partial charge in [-0.2, -0.15) is 0 Å². The maximum absolute atomic E-state index is 10.8. The lowest BCUT2D eigenvalue weighted by Gasteiger charge is -2.21. The Kier molecular flexibility index (Phi) is 13.5. The molecule has 1 aromatic carbocycles. The van der Waals surface area contributed by atoms with Crippen molar-refractivity contribution in [1.82, 2.24) is 5.32 Å². The average Bonchev–Trinajstić information content (AvgIpc) is 2.75. The number of nitrogens with one attached hydrogen (secondary N) is 1. The Labute approximate surface area is 186 Å². The minimum atomic E-state index is -0.913. The number of aromatic hydroxyl groups is 1. The van der Waals surface area contributed by atoms with E-state index in [2.05, 4.69) is 5.32 Å². The zero-order valence-corrected chi connectivity index (χ0v) is 19.0. The molecule has 0 saturated carbocycles. The molecular weight excluding hydrogens is 392 g/mol. The van der Waals surface area contributed by atoms with Crippen LogP contribution in [0.3, 0.4) is 0 Å². The molecule has 6 heteroatoms. The van der Waals surface area contributed by atoms with Crippen molar-refractivity contribution in [2.24, 2.45) is 23.5 Å². The molecular formula is C25H40N2O4. The number of aldehydes is 1. The molecule has 0 unspecified atom stereocenters. The van der Waals surface area contributed by atoms with Gasteiger partial charge in [0, 0.05) is 24.6 Å². The van der Waals surface area contributed by atoms with E-state index in [9.17, 15) is 14.7 Å². The van der Waals surface area contributed by atoms with Crippen molar-refractivity contribution in [3.8, 4) is 5.75 Å². The lowest BCUT2D eigenvalue weighted by molar-refractivity contribution is -0.131. The zero-order valence-electron chi connectivity index (χ0n) is 19.0. The largest absolute Gasteiger partial charge is 0.508 e. The maximum atomic E-state index is 10.8. The first-order valence-corrected chi connectivity index (χ1v) is 11.4. The van der Waals surface area contributed by atoms with Gasteiger partial charge in [-0.05, 0) is 75.1 Å². The highest BCUT2D eigenvalue weighted by Crippen LogP contribution is 2.24. The smallest absolute Gasteiger partial charge is 0.327 e. The minimum Gasteiger partial charge on any atom is -0.508 e. The van der Waals surface area contributed by atoms with Crippen LogP contribution < -0.4 is 11.1 Å². The molecule has 0 aliphatic rings. The molecule has 0 spiro atoms. The minimum absolute atomic E-state index is 0.0572. The molecule has 0 aliphatic carbocycles. The molecule has 0 bridgehead atoms. The van der Waals surface area contributed by atoms with Crippen molar-refractivity contribution in [1.29, 1.82) is 0 Å². The number of benzene rings is 1. The number of carbonyl (C=O) groups excluding carboxylic acids is 1. The fourth-order valence-corrected chi connectivity index (χ4v) is 3.87. The van der Waals surface area contributed by atoms with E-state index in [4.69, 9.17) is 10.8 Å². The van der Waals surface area contributed by atoms with Gasteiger partial charge in [-0.15, -0.1) is 0 Å². The molecule has 5 N–H and O–H groups in total. The highest BCUT2D eigenvalue weighted by atomic mass is 16.4. The zero-order chi connectivity index (χ0) is 23.1. The summed E-state index contributed by atoms with van der Waals surface area (Å²) < 4.78 is 0. The first-order valence-electron chi connectivity index (χ1n) is 11.4. The van der Waals surface area contributed by atoms with Crippen LogP contribution in [0.4, 0.5) is 0 Å². The molecule has 1 aromatic rings. The van der Waals surface area contributed by atoms with Crippen LogP contribution in [-0.4, -0.2) is 42.1 Å². The van der Waals surface area contributed by atoms with E-state index in [1.54, 1.807) is 18.2 Å². The quantitative estimate of drug-likeness (QED) is 0.219. The molecule has 6 nitrogen and oxygen atoms in total. The van der Waals surface area contributed by atoms with Crippen LogP contribution in [0.25, 0.3) is 0 Å². The first kappa shape index (κ1) is 26.9. The summed E-state index contributed by atoms with van der Waals surface area (Å²) in [5.41, 5.74) is 7.50. The van der Waals surface area contributed by atoms with E-state index in [1.807, 2.05) is 26.1 Å². The van der Waals surface area contributed by atoms with Gasteiger partial charge in [0.2, 0.25) is 0 Å². The second-order valence-corrected chi connectivity index (χ2v) is 8.71. The van der Waals surface area contributed by atoms with Gasteiger partial charge in [0.05, 0.1) is 0 Å². The number of carboxylic acid groups (broad SMARTS) is 1. The number of carbonyl (C=O) groups is 2. The Morgan fingerprint density at radius 3 is 2.39 bits per heavy atom. The van der Waals surface area contributed by atoms with Crippen LogP contribution in [-0.2, 0) is 16.0 Å². The topological polar surface area (TPSA) is 113 Å². The lowest BCUT2D eigenvalue weighted by atomic mass is 9.86. The molecule has 0 radical (unpaired) electrons. The van der Waals surface area contributed by atoms with Gasteiger partial charge in [0.1, 0.15) is 12.0 Å². The van der Waals surface area contributed by atoms with Gasteiger partial charge in [-0.1, -0.05) is 38.0 Å². The van der Waals surface area contributed by atoms with E-state index in [0.29, 0.717) is 5.92 Å². The van der Waals surface area contributed by atoms with Crippen molar-refractivity contribution in [2.75, 3.05) is 13.6 Å². The van der Waals surface area contributed by atoms with Crippen molar-refractivity contribution >= 4 is 12.3 Å². The Bertz CT molecular complexity index is 660. The third-order valence-corrected chi connectivity index (χ3v) is 5.80. The molecule has 31 heavy (non-hydrogen) atoms. The van der Waals surface area contributed by atoms with Gasteiger partial charge in [0.25, 0.3) is 0 Å². The predicted molar refractivity (Wildman–Crippen MR) is 125 cm³/mol. The van der Waals surface area contributed by atoms with E-state index >= 15 is 0 Å². The van der Waals surface area contributed by atoms with Crippen molar-refractivity contribution in [3.05, 3.63) is 42.0 Å². The first-order chi connectivity index (χ1) is 14.8. The molecule has 0 heterocycles. The lowest BCUT2D eigenvalue weighted by Crippen LogP contribution is -2.22. The number of carboxylic acids is 1. The SMILES string of the molecule is CNC[C@H](C=CC(=O)O)CCC[C@H](CC[C@H](N)CC[C@@H](C)C=O)Cc1ccc(O)cc1. The number of hydrogen-bond acceptors (Lipinski definition) is 5. The van der Waals surface area contributed by atoms with Gasteiger partial charge < -0.3 is 26.1 Å². The maximum Gasteiger partial charge on any atom is 0.327 e. The van der Waals surface area contributed by atoms with Gasteiger partial charge >= 0.3 is 5.97 Å². The third-order valence-electron chi connectivity index (χ3n) is 5.80. The Morgan fingerprint density at radius 1 is 1.10 bits per heavy atom. The number of nitrogens with two attached hydrogens (primary N) is 1. The molecule has 0 saturated heterocycles. The standard InChI is InChI=1S/C25H40N2O4/c1-19(18-28)6-11-23(26)12-7-20(16-21-8-13-24(29)14-9-21)4-3-5-22(17-27-2)10-15-25(30)31/h8-10,13-15,18-20,22-23,27,29H,3-7,11-12,16-17,26H2,1-2H3,(H,30,31)/t19-,20-,22+,23-/m1/s1. The summed E-state index contributed by atoms with van der Waals surface area (Å²) in [5.74, 6) is 0.0815. The number of hydrogen-bond donors (Lipinski definition) is 4. The molecule has 0 fully saturated rings. The summed E-state index contributed by atoms with van der Waals surface area (Å²) >= 11 is 0. The molecule has 0 aromatic heterocycles. The van der Waals surface area contributed by atoms with E-state index < -0.39 is 5.97 Å². The summed E-state index contributed by atoms with van der Waals surface area (Å²) in [6.45, 7) is 2.68. The number of phenols is 1. The third kappa shape index (κ3) is 13.0. The average molecular weight is 433 g/mol. The number of aliphatic carboxylic acids is 1. The number of phenolic OH excluding ortho intramolecular Hbond substituents is 1. The molecule has 174 valence electrons. The van der Waals surface area contributed by atoms with Crippen molar-refractivity contribution in [2.45, 2.75) is 64.3 Å². The second kappa shape index (κ2) is 15.6. The van der Waals surface area contributed by atoms with Crippen LogP contribution in [0, 0.1) is 17.8 Å². The molecule has 4 atom stereocenters. The molecule has 0 amide bonds.